The number of rotatable bonds is 3. The summed E-state index contributed by atoms with van der Waals surface area (Å²) in [7, 11) is 0. The molecule has 0 aliphatic carbocycles. The summed E-state index contributed by atoms with van der Waals surface area (Å²) in [5, 5.41) is 17.2. The van der Waals surface area contributed by atoms with Gasteiger partial charge in [-0.3, -0.25) is 0 Å². The molecule has 1 N–H and O–H groups in total. The number of nitriles is 1. The Kier molecular flexibility index (Phi) is 4.49. The normalized spacial score (nSPS) is 12.0. The third-order valence-corrected chi connectivity index (χ3v) is 2.20. The molecular weight excluding hydrogens is 270 g/mol. The van der Waals surface area contributed by atoms with Crippen LogP contribution >= 0.6 is 15.9 Å². The summed E-state index contributed by atoms with van der Waals surface area (Å²) in [4.78, 5) is 10.6. The molecule has 0 saturated carbocycles. The van der Waals surface area contributed by atoms with E-state index in [1.54, 1.807) is 12.1 Å². The van der Waals surface area contributed by atoms with Gasteiger partial charge in [0, 0.05) is 4.48 Å². The van der Waals surface area contributed by atoms with E-state index in [1.807, 2.05) is 30.3 Å². The molecule has 80 valence electrons. The lowest BCUT2D eigenvalue weighted by Crippen LogP contribution is -1.97. The number of carboxylic acids is 1. The minimum atomic E-state index is -1.24. The van der Waals surface area contributed by atoms with Crippen LogP contribution in [-0.2, 0) is 4.79 Å². The highest BCUT2D eigenvalue weighted by molar-refractivity contribution is 9.12. The van der Waals surface area contributed by atoms with Crippen LogP contribution in [0.3, 0.4) is 0 Å². The standard InChI is InChI=1S/C12H8BrNO2/c13-11(7-10(8-14)12(15)16)6-9-4-2-1-3-5-9/h1-7H,(H,15,16)/b10-7+,11-6-. The van der Waals surface area contributed by atoms with E-state index in [1.165, 1.54) is 6.08 Å². The zero-order valence-corrected chi connectivity index (χ0v) is 9.81. The number of benzene rings is 1. The maximum absolute atomic E-state index is 10.6. The van der Waals surface area contributed by atoms with Crippen molar-refractivity contribution < 1.29 is 9.90 Å². The van der Waals surface area contributed by atoms with Crippen molar-refractivity contribution in [3.63, 3.8) is 0 Å². The molecule has 1 rings (SSSR count). The second-order valence-corrected chi connectivity index (χ2v) is 3.83. The van der Waals surface area contributed by atoms with Crippen molar-refractivity contribution in [3.05, 3.63) is 52.0 Å². The Bertz CT molecular complexity index is 483. The molecule has 0 unspecified atom stereocenters. The van der Waals surface area contributed by atoms with Crippen LogP contribution in [0.1, 0.15) is 5.56 Å². The van der Waals surface area contributed by atoms with Crippen LogP contribution in [0.4, 0.5) is 0 Å². The Morgan fingerprint density at radius 3 is 2.50 bits per heavy atom. The molecule has 0 saturated heterocycles. The summed E-state index contributed by atoms with van der Waals surface area (Å²) in [5.41, 5.74) is 0.618. The maximum atomic E-state index is 10.6. The molecule has 16 heavy (non-hydrogen) atoms. The summed E-state index contributed by atoms with van der Waals surface area (Å²) in [6, 6.07) is 11.0. The van der Waals surface area contributed by atoms with Crippen LogP contribution in [0, 0.1) is 11.3 Å². The Hall–Kier alpha value is -1.86. The summed E-state index contributed by atoms with van der Waals surface area (Å²) in [5.74, 6) is -1.24. The molecule has 0 aromatic heterocycles. The van der Waals surface area contributed by atoms with Crippen molar-refractivity contribution in [2.45, 2.75) is 0 Å². The number of carbonyl (C=O) groups is 1. The van der Waals surface area contributed by atoms with Gasteiger partial charge in [-0.15, -0.1) is 0 Å². The van der Waals surface area contributed by atoms with E-state index in [9.17, 15) is 4.79 Å². The van der Waals surface area contributed by atoms with E-state index in [0.29, 0.717) is 4.48 Å². The van der Waals surface area contributed by atoms with E-state index >= 15 is 0 Å². The lowest BCUT2D eigenvalue weighted by atomic mass is 10.2. The van der Waals surface area contributed by atoms with Gasteiger partial charge in [0.15, 0.2) is 0 Å². The first-order chi connectivity index (χ1) is 7.63. The van der Waals surface area contributed by atoms with E-state index in [-0.39, 0.29) is 5.57 Å². The quantitative estimate of drug-likeness (QED) is 0.525. The van der Waals surface area contributed by atoms with Crippen LogP contribution in [0.5, 0.6) is 0 Å². The highest BCUT2D eigenvalue weighted by Crippen LogP contribution is 2.15. The summed E-state index contributed by atoms with van der Waals surface area (Å²) < 4.78 is 0.539. The molecule has 0 bridgehead atoms. The largest absolute Gasteiger partial charge is 0.477 e. The van der Waals surface area contributed by atoms with Gasteiger partial charge in [-0.1, -0.05) is 46.3 Å². The second kappa shape index (κ2) is 5.89. The van der Waals surface area contributed by atoms with Crippen molar-refractivity contribution in [1.29, 1.82) is 5.26 Å². The smallest absolute Gasteiger partial charge is 0.346 e. The molecule has 0 spiro atoms. The van der Waals surface area contributed by atoms with Gasteiger partial charge in [0.25, 0.3) is 0 Å². The highest BCUT2D eigenvalue weighted by atomic mass is 79.9. The van der Waals surface area contributed by atoms with Gasteiger partial charge < -0.3 is 5.11 Å². The molecule has 0 amide bonds. The lowest BCUT2D eigenvalue weighted by molar-refractivity contribution is -0.132. The van der Waals surface area contributed by atoms with Gasteiger partial charge in [0.05, 0.1) is 0 Å². The molecule has 0 fully saturated rings. The Morgan fingerprint density at radius 2 is 2.00 bits per heavy atom. The fourth-order valence-electron chi connectivity index (χ4n) is 1.03. The molecule has 4 heteroatoms. The summed E-state index contributed by atoms with van der Waals surface area (Å²) >= 11 is 3.19. The molecular formula is C12H8BrNO2. The number of hydrogen-bond acceptors (Lipinski definition) is 2. The number of halogens is 1. The number of hydrogen-bond donors (Lipinski definition) is 1. The van der Waals surface area contributed by atoms with Crippen molar-refractivity contribution >= 4 is 28.0 Å². The highest BCUT2D eigenvalue weighted by Gasteiger charge is 2.05. The maximum Gasteiger partial charge on any atom is 0.346 e. The monoisotopic (exact) mass is 277 g/mol. The predicted molar refractivity (Wildman–Crippen MR) is 64.7 cm³/mol. The lowest BCUT2D eigenvalue weighted by Gasteiger charge is -1.94. The molecule has 0 aliphatic rings. The molecule has 0 atom stereocenters. The molecule has 3 nitrogen and oxygen atoms in total. The van der Waals surface area contributed by atoms with Crippen molar-refractivity contribution in [2.24, 2.45) is 0 Å². The fourth-order valence-corrected chi connectivity index (χ4v) is 1.52. The van der Waals surface area contributed by atoms with E-state index < -0.39 is 5.97 Å². The van der Waals surface area contributed by atoms with Gasteiger partial charge in [-0.25, -0.2) is 4.79 Å². The molecule has 0 heterocycles. The average Bonchev–Trinajstić information content (AvgIpc) is 2.27. The summed E-state index contributed by atoms with van der Waals surface area (Å²) in [6.45, 7) is 0. The first-order valence-electron chi connectivity index (χ1n) is 4.41. The molecule has 0 aliphatic heterocycles. The molecule has 1 aromatic rings. The Labute approximate surface area is 101 Å². The Morgan fingerprint density at radius 1 is 1.38 bits per heavy atom. The van der Waals surface area contributed by atoms with Gasteiger partial charge in [0.2, 0.25) is 0 Å². The molecule has 1 aromatic carbocycles. The zero-order valence-electron chi connectivity index (χ0n) is 8.22. The van der Waals surface area contributed by atoms with Gasteiger partial charge in [0.1, 0.15) is 11.6 Å². The fraction of sp³-hybridized carbons (Fsp3) is 0. The van der Waals surface area contributed by atoms with Crippen LogP contribution in [0.25, 0.3) is 6.08 Å². The first-order valence-corrected chi connectivity index (χ1v) is 5.20. The zero-order chi connectivity index (χ0) is 12.0. The summed E-state index contributed by atoms with van der Waals surface area (Å²) in [6.07, 6.45) is 3.01. The van der Waals surface area contributed by atoms with Crippen LogP contribution in [0.2, 0.25) is 0 Å². The van der Waals surface area contributed by atoms with Crippen LogP contribution in [-0.4, -0.2) is 11.1 Å². The van der Waals surface area contributed by atoms with Gasteiger partial charge in [-0.05, 0) is 17.7 Å². The minimum absolute atomic E-state index is 0.306. The topological polar surface area (TPSA) is 61.1 Å². The van der Waals surface area contributed by atoms with Crippen LogP contribution < -0.4 is 0 Å². The SMILES string of the molecule is N#C/C(=C\C(Br)=C\c1ccccc1)C(=O)O. The van der Waals surface area contributed by atoms with E-state index in [0.717, 1.165) is 5.56 Å². The van der Waals surface area contributed by atoms with Gasteiger partial charge in [-0.2, -0.15) is 5.26 Å². The molecule has 0 radical (unpaired) electrons. The van der Waals surface area contributed by atoms with Crippen molar-refractivity contribution in [1.82, 2.24) is 0 Å². The van der Waals surface area contributed by atoms with E-state index in [2.05, 4.69) is 15.9 Å². The van der Waals surface area contributed by atoms with Crippen molar-refractivity contribution in [3.8, 4) is 6.07 Å². The number of allylic oxidation sites excluding steroid dienone is 2. The van der Waals surface area contributed by atoms with Crippen LogP contribution in [0.15, 0.2) is 46.5 Å². The van der Waals surface area contributed by atoms with E-state index in [4.69, 9.17) is 10.4 Å². The predicted octanol–water partition coefficient (Wildman–Crippen LogP) is 2.96. The third-order valence-electron chi connectivity index (χ3n) is 1.74. The number of nitrogens with zero attached hydrogens (tertiary/aromatic N) is 1. The number of carboxylic acid groups (broad SMARTS) is 1. The third kappa shape index (κ3) is 3.71. The minimum Gasteiger partial charge on any atom is -0.477 e. The first kappa shape index (κ1) is 12.2. The Balaban J connectivity index is 2.96. The van der Waals surface area contributed by atoms with Crippen molar-refractivity contribution in [2.75, 3.05) is 0 Å². The number of aliphatic carboxylic acids is 1. The average molecular weight is 278 g/mol. The van der Waals surface area contributed by atoms with Gasteiger partial charge >= 0.3 is 5.97 Å². The second-order valence-electron chi connectivity index (χ2n) is 2.91.